The van der Waals surface area contributed by atoms with Crippen molar-refractivity contribution >= 4 is 40.3 Å². The number of ether oxygens (including phenoxy) is 1. The molecule has 162 valence electrons. The summed E-state index contributed by atoms with van der Waals surface area (Å²) in [7, 11) is 1.62. The van der Waals surface area contributed by atoms with E-state index in [4.69, 9.17) is 4.74 Å². The summed E-state index contributed by atoms with van der Waals surface area (Å²) in [5.41, 5.74) is 5.85. The van der Waals surface area contributed by atoms with Gasteiger partial charge in [-0.05, 0) is 90.0 Å². The Morgan fingerprint density at radius 1 is 1.12 bits per heavy atom. The average Bonchev–Trinajstić information content (AvgIpc) is 2.74. The van der Waals surface area contributed by atoms with Gasteiger partial charge in [-0.1, -0.05) is 29.3 Å². The van der Waals surface area contributed by atoms with Crippen molar-refractivity contribution in [2.24, 2.45) is 0 Å². The Hall–Kier alpha value is -3.31. The third-order valence-corrected chi connectivity index (χ3v) is 5.82. The lowest BCUT2D eigenvalue weighted by atomic mass is 9.98. The van der Waals surface area contributed by atoms with Gasteiger partial charge in [-0.2, -0.15) is 5.26 Å². The first-order chi connectivity index (χ1) is 15.3. The summed E-state index contributed by atoms with van der Waals surface area (Å²) < 4.78 is 6.63. The van der Waals surface area contributed by atoms with Gasteiger partial charge in [0.05, 0.1) is 7.11 Å². The van der Waals surface area contributed by atoms with Crippen LogP contribution in [0.1, 0.15) is 27.8 Å². The molecule has 0 fully saturated rings. The second-order valence-corrected chi connectivity index (χ2v) is 8.69. The summed E-state index contributed by atoms with van der Waals surface area (Å²) in [6.45, 7) is 4.17. The van der Waals surface area contributed by atoms with Crippen molar-refractivity contribution in [3.8, 4) is 17.6 Å². The summed E-state index contributed by atoms with van der Waals surface area (Å²) in [4.78, 5) is 12.5. The fourth-order valence-electron chi connectivity index (χ4n) is 3.50. The van der Waals surface area contributed by atoms with E-state index >= 15 is 0 Å². The maximum absolute atomic E-state index is 12.5. The van der Waals surface area contributed by atoms with Crippen LogP contribution in [0.2, 0.25) is 0 Å². The first-order valence-electron chi connectivity index (χ1n) is 9.95. The normalized spacial score (nSPS) is 11.0. The molecule has 3 aromatic rings. The van der Waals surface area contributed by atoms with Crippen molar-refractivity contribution < 1.29 is 14.6 Å². The minimum absolute atomic E-state index is 0.0296. The molecule has 3 aromatic carbocycles. The van der Waals surface area contributed by atoms with Crippen LogP contribution in [-0.2, 0) is 11.2 Å². The lowest BCUT2D eigenvalue weighted by Gasteiger charge is -2.14. The van der Waals surface area contributed by atoms with E-state index in [0.717, 1.165) is 15.6 Å². The van der Waals surface area contributed by atoms with Crippen molar-refractivity contribution in [2.45, 2.75) is 20.3 Å². The number of carbonyl (C=O) groups is 1. The number of methoxy groups -OCH3 is 1. The zero-order chi connectivity index (χ0) is 23.3. The third kappa shape index (κ3) is 5.89. The maximum atomic E-state index is 12.5. The second kappa shape index (κ2) is 10.3. The largest absolute Gasteiger partial charge is 0.508 e. The summed E-state index contributed by atoms with van der Waals surface area (Å²) in [6.07, 6.45) is 2.27. The Morgan fingerprint density at radius 3 is 2.38 bits per heavy atom. The van der Waals surface area contributed by atoms with Gasteiger partial charge in [0.15, 0.2) is 0 Å². The molecule has 3 rings (SSSR count). The molecule has 0 saturated heterocycles. The van der Waals surface area contributed by atoms with Gasteiger partial charge in [0.2, 0.25) is 0 Å². The SMILES string of the molecule is COc1cc(/C=C(\C#N)C(=O)Nc2ccc(O)cc2)cc(I)c1Cc1cc(C)cc(C)c1. The molecule has 0 aliphatic carbocycles. The maximum Gasteiger partial charge on any atom is 0.266 e. The number of benzene rings is 3. The second-order valence-electron chi connectivity index (χ2n) is 7.53. The Bertz CT molecular complexity index is 1200. The number of phenolic OH excluding ortho intramolecular Hbond substituents is 1. The monoisotopic (exact) mass is 538 g/mol. The number of halogens is 1. The molecule has 0 unspecified atom stereocenters. The standard InChI is InChI=1S/C26H23IN2O3/c1-16-8-17(2)10-18(9-16)12-23-24(27)13-19(14-25(23)32-3)11-20(15-28)26(31)29-21-4-6-22(30)7-5-21/h4-11,13-14,30H,12H2,1-3H3,(H,29,31)/b20-11+. The van der Waals surface area contributed by atoms with Crippen LogP contribution in [0.5, 0.6) is 11.5 Å². The van der Waals surface area contributed by atoms with Gasteiger partial charge >= 0.3 is 0 Å². The van der Waals surface area contributed by atoms with Gasteiger partial charge in [0, 0.05) is 21.2 Å². The molecule has 0 heterocycles. The minimum Gasteiger partial charge on any atom is -0.508 e. The molecule has 32 heavy (non-hydrogen) atoms. The van der Waals surface area contributed by atoms with Crippen LogP contribution < -0.4 is 10.1 Å². The van der Waals surface area contributed by atoms with Gasteiger partial charge in [-0.3, -0.25) is 4.79 Å². The predicted molar refractivity (Wildman–Crippen MR) is 135 cm³/mol. The van der Waals surface area contributed by atoms with Crippen LogP contribution in [0.25, 0.3) is 6.08 Å². The quantitative estimate of drug-likeness (QED) is 0.181. The summed E-state index contributed by atoms with van der Waals surface area (Å²) >= 11 is 2.26. The number of nitrogens with zero attached hydrogens (tertiary/aromatic N) is 1. The number of hydrogen-bond acceptors (Lipinski definition) is 4. The van der Waals surface area contributed by atoms with Gasteiger partial charge in [-0.15, -0.1) is 0 Å². The Labute approximate surface area is 201 Å². The number of aromatic hydroxyl groups is 1. The van der Waals surface area contributed by atoms with Crippen LogP contribution in [0, 0.1) is 28.7 Å². The van der Waals surface area contributed by atoms with Gasteiger partial charge in [-0.25, -0.2) is 0 Å². The van der Waals surface area contributed by atoms with E-state index in [1.807, 2.05) is 18.2 Å². The molecule has 0 aliphatic heterocycles. The van der Waals surface area contributed by atoms with E-state index in [1.165, 1.54) is 28.8 Å². The number of phenols is 1. The molecule has 0 atom stereocenters. The lowest BCUT2D eigenvalue weighted by molar-refractivity contribution is -0.112. The lowest BCUT2D eigenvalue weighted by Crippen LogP contribution is -2.13. The first kappa shape index (κ1) is 23.4. The van der Waals surface area contributed by atoms with E-state index in [2.05, 4.69) is 60.0 Å². The zero-order valence-electron chi connectivity index (χ0n) is 18.1. The number of hydrogen-bond donors (Lipinski definition) is 2. The number of amides is 1. The Morgan fingerprint density at radius 2 is 1.78 bits per heavy atom. The van der Waals surface area contributed by atoms with Gasteiger partial charge in [0.1, 0.15) is 23.1 Å². The molecule has 0 spiro atoms. The van der Waals surface area contributed by atoms with Crippen LogP contribution >= 0.6 is 22.6 Å². The number of nitriles is 1. The first-order valence-corrected chi connectivity index (χ1v) is 11.0. The fourth-order valence-corrected chi connectivity index (χ4v) is 4.32. The molecule has 6 heteroatoms. The molecule has 0 aromatic heterocycles. The van der Waals surface area contributed by atoms with Gasteiger partial charge < -0.3 is 15.2 Å². The third-order valence-electron chi connectivity index (χ3n) is 4.86. The smallest absolute Gasteiger partial charge is 0.266 e. The fraction of sp³-hybridized carbons (Fsp3) is 0.154. The van der Waals surface area contributed by atoms with Crippen molar-refractivity contribution in [3.05, 3.63) is 91.6 Å². The topological polar surface area (TPSA) is 82.3 Å². The van der Waals surface area contributed by atoms with Crippen molar-refractivity contribution in [1.29, 1.82) is 5.26 Å². The molecular weight excluding hydrogens is 515 g/mol. The average molecular weight is 538 g/mol. The Kier molecular flexibility index (Phi) is 7.54. The number of carbonyl (C=O) groups excluding carboxylic acids is 1. The number of aryl methyl sites for hydroxylation is 2. The molecule has 2 N–H and O–H groups in total. The van der Waals surface area contributed by atoms with Crippen molar-refractivity contribution in [2.75, 3.05) is 12.4 Å². The zero-order valence-corrected chi connectivity index (χ0v) is 20.2. The van der Waals surface area contributed by atoms with E-state index in [0.29, 0.717) is 17.0 Å². The predicted octanol–water partition coefficient (Wildman–Crippen LogP) is 5.76. The van der Waals surface area contributed by atoms with Crippen molar-refractivity contribution in [1.82, 2.24) is 0 Å². The molecule has 0 bridgehead atoms. The highest BCUT2D eigenvalue weighted by atomic mass is 127. The molecule has 0 radical (unpaired) electrons. The number of nitrogens with one attached hydrogen (secondary N) is 1. The van der Waals surface area contributed by atoms with E-state index in [1.54, 1.807) is 25.3 Å². The number of anilines is 1. The summed E-state index contributed by atoms with van der Waals surface area (Å²) in [5, 5.41) is 21.6. The van der Waals surface area contributed by atoms with E-state index in [-0.39, 0.29) is 11.3 Å². The molecule has 0 saturated carbocycles. The highest BCUT2D eigenvalue weighted by molar-refractivity contribution is 14.1. The van der Waals surface area contributed by atoms with Gasteiger partial charge in [0.25, 0.3) is 5.91 Å². The van der Waals surface area contributed by atoms with Crippen LogP contribution in [0.15, 0.2) is 60.2 Å². The highest BCUT2D eigenvalue weighted by Crippen LogP contribution is 2.30. The van der Waals surface area contributed by atoms with E-state index in [9.17, 15) is 15.2 Å². The Balaban J connectivity index is 1.89. The molecular formula is C26H23IN2O3. The molecule has 0 aliphatic rings. The van der Waals surface area contributed by atoms with Crippen LogP contribution in [-0.4, -0.2) is 18.1 Å². The van der Waals surface area contributed by atoms with Crippen molar-refractivity contribution in [3.63, 3.8) is 0 Å². The van der Waals surface area contributed by atoms with Crippen LogP contribution in [0.4, 0.5) is 5.69 Å². The summed E-state index contributed by atoms with van der Waals surface area (Å²) in [6, 6.07) is 18.3. The molecule has 5 nitrogen and oxygen atoms in total. The van der Waals surface area contributed by atoms with E-state index < -0.39 is 5.91 Å². The highest BCUT2D eigenvalue weighted by Gasteiger charge is 2.14. The summed E-state index contributed by atoms with van der Waals surface area (Å²) in [5.74, 6) is 0.284. The minimum atomic E-state index is -0.522. The molecule has 1 amide bonds. The number of rotatable bonds is 6. The van der Waals surface area contributed by atoms with Crippen LogP contribution in [0.3, 0.4) is 0 Å².